The second-order valence-corrected chi connectivity index (χ2v) is 10.2. The van der Waals surface area contributed by atoms with Gasteiger partial charge in [0.1, 0.15) is 11.4 Å². The maximum absolute atomic E-state index is 14.1. The number of halogens is 5. The van der Waals surface area contributed by atoms with Crippen LogP contribution in [0.1, 0.15) is 44.1 Å². The maximum Gasteiger partial charge on any atom is 0.523 e. The molecule has 2 atom stereocenters. The van der Waals surface area contributed by atoms with Crippen molar-refractivity contribution in [3.8, 4) is 0 Å². The van der Waals surface area contributed by atoms with Crippen molar-refractivity contribution in [2.75, 3.05) is 46.9 Å². The third-order valence-corrected chi connectivity index (χ3v) is 7.91. The van der Waals surface area contributed by atoms with Crippen LogP contribution < -0.4 is 0 Å². The molecule has 37 heavy (non-hydrogen) atoms. The van der Waals surface area contributed by atoms with E-state index in [-0.39, 0.29) is 31.2 Å². The summed E-state index contributed by atoms with van der Waals surface area (Å²) in [6, 6.07) is 9.33. The molecule has 0 aromatic heterocycles. The Morgan fingerprint density at radius 1 is 1.00 bits per heavy atom. The minimum Gasteiger partial charge on any atom is -0.496 e. The average Bonchev–Trinajstić information content (AvgIpc) is 2.83. The molecule has 2 unspecified atom stereocenters. The van der Waals surface area contributed by atoms with Crippen molar-refractivity contribution < 1.29 is 27.8 Å². The van der Waals surface area contributed by atoms with E-state index >= 15 is 0 Å². The van der Waals surface area contributed by atoms with Crippen LogP contribution in [0.15, 0.2) is 48.2 Å². The van der Waals surface area contributed by atoms with Crippen molar-refractivity contribution in [3.05, 3.63) is 53.8 Å². The van der Waals surface area contributed by atoms with Crippen molar-refractivity contribution in [2.24, 2.45) is 5.92 Å². The van der Waals surface area contributed by atoms with Crippen LogP contribution in [0, 0.1) is 5.92 Å². The number of benzene rings is 1. The minimum atomic E-state index is -4.86. The molecule has 0 radical (unpaired) electrons. The fraction of sp³-hybridized carbons (Fsp3) is 0.630. The summed E-state index contributed by atoms with van der Waals surface area (Å²) in [4.78, 5) is 4.40. The molecular weight excluding hydrogens is 528 g/mol. The lowest BCUT2D eigenvalue weighted by Gasteiger charge is -2.51. The Kier molecular flexibility index (Phi) is 11.4. The van der Waals surface area contributed by atoms with Gasteiger partial charge >= 0.3 is 6.36 Å². The van der Waals surface area contributed by atoms with Crippen molar-refractivity contribution in [2.45, 2.75) is 56.1 Å². The fourth-order valence-electron chi connectivity index (χ4n) is 5.99. The molecule has 0 bridgehead atoms. The SMILES string of the molecule is COC1=C(c2ccccc2)CC(OC(F)(F)F)(C(CN2CCN(C)CC2)C2(O)CCCCC2)C=C1.Cl.Cl. The summed E-state index contributed by atoms with van der Waals surface area (Å²) in [6.07, 6.45) is 1.74. The average molecular weight is 568 g/mol. The largest absolute Gasteiger partial charge is 0.523 e. The Morgan fingerprint density at radius 3 is 2.19 bits per heavy atom. The lowest BCUT2D eigenvalue weighted by Crippen LogP contribution is -2.60. The number of piperazine rings is 1. The fourth-order valence-corrected chi connectivity index (χ4v) is 5.99. The summed E-state index contributed by atoms with van der Waals surface area (Å²) in [5.41, 5.74) is -1.55. The molecule has 1 heterocycles. The van der Waals surface area contributed by atoms with Crippen molar-refractivity contribution in [1.29, 1.82) is 0 Å². The van der Waals surface area contributed by atoms with Crippen LogP contribution in [0.5, 0.6) is 0 Å². The molecule has 3 aliphatic rings. The highest BCUT2D eigenvalue weighted by molar-refractivity contribution is 5.85. The van der Waals surface area contributed by atoms with Gasteiger partial charge in [-0.3, -0.25) is 4.74 Å². The Labute approximate surface area is 230 Å². The number of hydrogen-bond donors (Lipinski definition) is 1. The molecule has 4 rings (SSSR count). The van der Waals surface area contributed by atoms with Gasteiger partial charge in [-0.05, 0) is 37.6 Å². The van der Waals surface area contributed by atoms with Crippen LogP contribution in [0.25, 0.3) is 5.57 Å². The van der Waals surface area contributed by atoms with Crippen molar-refractivity contribution in [1.82, 2.24) is 9.80 Å². The predicted octanol–water partition coefficient (Wildman–Crippen LogP) is 5.68. The molecule has 0 spiro atoms. The van der Waals surface area contributed by atoms with Crippen molar-refractivity contribution >= 4 is 30.4 Å². The Bertz CT molecular complexity index is 915. The second kappa shape index (κ2) is 13.2. The number of rotatable bonds is 7. The Morgan fingerprint density at radius 2 is 1.62 bits per heavy atom. The zero-order valence-corrected chi connectivity index (χ0v) is 23.1. The standard InChI is InChI=1S/C27H37F3N2O3.2ClH/c1-31-15-17-32(18-16-31)20-24(25(33)12-7-4-8-13-25)26(35-27(28,29)30)14-11-23(34-2)22(19-26)21-9-5-3-6-10-21;;/h3,5-6,9-11,14,24,33H,4,7-8,12-13,15-20H2,1-2H3;2*1H. The van der Waals surface area contributed by atoms with Crippen LogP contribution in [0.3, 0.4) is 0 Å². The number of methoxy groups -OCH3 is 1. The Balaban J connectivity index is 0.00000241. The molecule has 210 valence electrons. The molecule has 1 aromatic rings. The highest BCUT2D eigenvalue weighted by atomic mass is 35.5. The quantitative estimate of drug-likeness (QED) is 0.460. The lowest BCUT2D eigenvalue weighted by atomic mass is 9.65. The molecule has 0 amide bonds. The first-order valence-corrected chi connectivity index (χ1v) is 12.6. The van der Waals surface area contributed by atoms with Gasteiger partial charge in [-0.25, -0.2) is 0 Å². The molecule has 2 aliphatic carbocycles. The van der Waals surface area contributed by atoms with Gasteiger partial charge in [0, 0.05) is 50.6 Å². The molecular formula is C27H39Cl2F3N2O3. The van der Waals surface area contributed by atoms with Gasteiger partial charge in [0.25, 0.3) is 0 Å². The number of alkyl halides is 3. The highest BCUT2D eigenvalue weighted by Gasteiger charge is 2.56. The molecule has 1 aromatic carbocycles. The summed E-state index contributed by atoms with van der Waals surface area (Å²) in [5, 5.41) is 11.9. The van der Waals surface area contributed by atoms with E-state index in [1.165, 1.54) is 13.2 Å². The van der Waals surface area contributed by atoms with Gasteiger partial charge in [-0.2, -0.15) is 0 Å². The molecule has 1 saturated heterocycles. The van der Waals surface area contributed by atoms with Gasteiger partial charge in [-0.15, -0.1) is 38.0 Å². The number of ether oxygens (including phenoxy) is 2. The smallest absolute Gasteiger partial charge is 0.496 e. The minimum absolute atomic E-state index is 0. The topological polar surface area (TPSA) is 45.2 Å². The normalized spacial score (nSPS) is 25.7. The van der Waals surface area contributed by atoms with Crippen LogP contribution in [-0.2, 0) is 9.47 Å². The summed E-state index contributed by atoms with van der Waals surface area (Å²) < 4.78 is 52.9. The zero-order valence-electron chi connectivity index (χ0n) is 21.5. The lowest BCUT2D eigenvalue weighted by molar-refractivity contribution is -0.372. The second-order valence-electron chi connectivity index (χ2n) is 10.2. The van der Waals surface area contributed by atoms with E-state index in [1.54, 1.807) is 6.08 Å². The monoisotopic (exact) mass is 566 g/mol. The van der Waals surface area contributed by atoms with Gasteiger partial charge in [0.15, 0.2) is 0 Å². The maximum atomic E-state index is 14.1. The summed E-state index contributed by atoms with van der Waals surface area (Å²) >= 11 is 0. The summed E-state index contributed by atoms with van der Waals surface area (Å²) in [5.74, 6) is -0.236. The third kappa shape index (κ3) is 7.64. The predicted molar refractivity (Wildman–Crippen MR) is 144 cm³/mol. The zero-order chi connectivity index (χ0) is 25.1. The summed E-state index contributed by atoms with van der Waals surface area (Å²) in [7, 11) is 3.57. The van der Waals surface area contributed by atoms with Gasteiger partial charge < -0.3 is 19.6 Å². The van der Waals surface area contributed by atoms with E-state index < -0.39 is 23.5 Å². The number of nitrogens with zero attached hydrogens (tertiary/aromatic N) is 2. The number of hydrogen-bond acceptors (Lipinski definition) is 5. The molecule has 5 nitrogen and oxygen atoms in total. The van der Waals surface area contributed by atoms with E-state index in [4.69, 9.17) is 9.47 Å². The van der Waals surface area contributed by atoms with Crippen LogP contribution in [0.4, 0.5) is 13.2 Å². The first-order valence-electron chi connectivity index (χ1n) is 12.6. The van der Waals surface area contributed by atoms with Gasteiger partial charge in [0.05, 0.1) is 12.7 Å². The first-order chi connectivity index (χ1) is 16.6. The van der Waals surface area contributed by atoms with Crippen LogP contribution in [0.2, 0.25) is 0 Å². The van der Waals surface area contributed by atoms with E-state index in [0.717, 1.165) is 51.0 Å². The third-order valence-electron chi connectivity index (χ3n) is 7.91. The Hall–Kier alpha value is -1.29. The number of aliphatic hydroxyl groups is 1. The summed E-state index contributed by atoms with van der Waals surface area (Å²) in [6.45, 7) is 3.53. The first kappa shape index (κ1) is 31.9. The van der Waals surface area contributed by atoms with Crippen molar-refractivity contribution in [3.63, 3.8) is 0 Å². The highest BCUT2D eigenvalue weighted by Crippen LogP contribution is 2.50. The van der Waals surface area contributed by atoms with E-state index in [0.29, 0.717) is 30.7 Å². The van der Waals surface area contributed by atoms with Gasteiger partial charge in [-0.1, -0.05) is 49.6 Å². The molecule has 1 N–H and O–H groups in total. The van der Waals surface area contributed by atoms with E-state index in [1.807, 2.05) is 37.4 Å². The van der Waals surface area contributed by atoms with Crippen LogP contribution in [-0.4, -0.2) is 79.4 Å². The molecule has 2 fully saturated rings. The molecule has 10 heteroatoms. The number of allylic oxidation sites excluding steroid dienone is 1. The van der Waals surface area contributed by atoms with Crippen LogP contribution >= 0.6 is 24.8 Å². The van der Waals surface area contributed by atoms with E-state index in [9.17, 15) is 18.3 Å². The number of likely N-dealkylation sites (N-methyl/N-ethyl adjacent to an activating group) is 1. The van der Waals surface area contributed by atoms with Gasteiger partial charge in [0.2, 0.25) is 0 Å². The van der Waals surface area contributed by atoms with E-state index in [2.05, 4.69) is 9.80 Å². The molecule has 1 saturated carbocycles. The molecule has 1 aliphatic heterocycles.